The molecule has 0 aliphatic rings. The van der Waals surface area contributed by atoms with Gasteiger partial charge in [-0.1, -0.05) is 0 Å². The minimum Gasteiger partial charge on any atom is -0.439 e. The summed E-state index contributed by atoms with van der Waals surface area (Å²) in [6.07, 6.45) is -4.60. The average molecular weight is 417 g/mol. The second kappa shape index (κ2) is 6.83. The number of fused-ring (bicyclic) bond motifs is 1. The third-order valence-corrected chi connectivity index (χ3v) is 4.38. The number of pyridine rings is 1. The van der Waals surface area contributed by atoms with Gasteiger partial charge in [-0.2, -0.15) is 38.7 Å². The first-order valence-corrected chi connectivity index (χ1v) is 8.55. The predicted molar refractivity (Wildman–Crippen MR) is 98.7 cm³/mol. The number of halogens is 3. The van der Waals surface area contributed by atoms with E-state index in [4.69, 9.17) is 10.5 Å². The van der Waals surface area contributed by atoms with Gasteiger partial charge in [-0.15, -0.1) is 0 Å². The van der Waals surface area contributed by atoms with Crippen molar-refractivity contribution in [3.8, 4) is 22.9 Å². The molecular weight excluding hydrogens is 403 g/mol. The maximum atomic E-state index is 13.6. The van der Waals surface area contributed by atoms with Crippen LogP contribution in [0.15, 0.2) is 30.3 Å². The number of rotatable bonds is 4. The molecule has 3 heterocycles. The van der Waals surface area contributed by atoms with E-state index in [0.29, 0.717) is 5.56 Å². The van der Waals surface area contributed by atoms with Crippen molar-refractivity contribution in [1.82, 2.24) is 30.2 Å². The molecule has 0 radical (unpaired) electrons. The fraction of sp³-hybridized carbons (Fsp3) is 0.167. The monoisotopic (exact) mass is 417 g/mol. The second-order valence-electron chi connectivity index (χ2n) is 6.42. The highest BCUT2D eigenvalue weighted by Crippen LogP contribution is 2.38. The molecule has 0 saturated heterocycles. The van der Waals surface area contributed by atoms with Gasteiger partial charge in [-0.05, 0) is 31.2 Å². The van der Waals surface area contributed by atoms with Crippen molar-refractivity contribution in [2.75, 3.05) is 0 Å². The Morgan fingerprint density at radius 3 is 2.53 bits per heavy atom. The van der Waals surface area contributed by atoms with Crippen LogP contribution in [0.3, 0.4) is 0 Å². The van der Waals surface area contributed by atoms with Gasteiger partial charge in [0.05, 0.1) is 16.6 Å². The molecule has 0 bridgehead atoms. The smallest absolute Gasteiger partial charge is 0.417 e. The van der Waals surface area contributed by atoms with Crippen molar-refractivity contribution in [2.45, 2.75) is 13.1 Å². The molecule has 4 aromatic rings. The number of nitrogens with one attached hydrogen (secondary N) is 1. The summed E-state index contributed by atoms with van der Waals surface area (Å²) in [6.45, 7) is 1.49. The molecule has 3 N–H and O–H groups in total. The van der Waals surface area contributed by atoms with E-state index in [0.717, 1.165) is 6.07 Å². The van der Waals surface area contributed by atoms with Gasteiger partial charge in [0.2, 0.25) is 5.88 Å². The number of primary amides is 1. The van der Waals surface area contributed by atoms with Crippen molar-refractivity contribution in [2.24, 2.45) is 12.8 Å². The Labute approximate surface area is 166 Å². The van der Waals surface area contributed by atoms with E-state index in [-0.39, 0.29) is 39.7 Å². The van der Waals surface area contributed by atoms with Gasteiger partial charge in [0.25, 0.3) is 5.91 Å². The first-order valence-electron chi connectivity index (χ1n) is 8.55. The number of benzene rings is 1. The van der Waals surface area contributed by atoms with E-state index in [9.17, 15) is 18.0 Å². The van der Waals surface area contributed by atoms with Gasteiger partial charge in [0.15, 0.2) is 11.3 Å². The number of hydrogen-bond donors (Lipinski definition) is 2. The number of carbonyl (C=O) groups excluding carboxylic acids is 1. The molecule has 1 amide bonds. The molecule has 154 valence electrons. The van der Waals surface area contributed by atoms with Crippen LogP contribution < -0.4 is 10.5 Å². The standard InChI is InChI=1S/C18H14F3N7O2/c1-8-13-11(18(19,20)21)7-12(23-17(13)28(2)26-8)30-10-5-3-9(4-6-10)14-15(16(22)29)25-27-24-14/h3-7H,1-2H3,(H2,22,29)(H,24,25,27). The largest absolute Gasteiger partial charge is 0.439 e. The first kappa shape index (κ1) is 19.4. The Bertz CT molecular complexity index is 1260. The number of carbonyl (C=O) groups is 1. The molecule has 0 unspecified atom stereocenters. The number of alkyl halides is 3. The highest BCUT2D eigenvalue weighted by Gasteiger charge is 2.35. The summed E-state index contributed by atoms with van der Waals surface area (Å²) in [5, 5.41) is 13.8. The van der Waals surface area contributed by atoms with Gasteiger partial charge in [0.1, 0.15) is 11.4 Å². The van der Waals surface area contributed by atoms with Gasteiger partial charge < -0.3 is 10.5 Å². The highest BCUT2D eigenvalue weighted by molar-refractivity contribution is 5.96. The number of aromatic nitrogens is 6. The zero-order chi connectivity index (χ0) is 21.6. The van der Waals surface area contributed by atoms with Crippen LogP contribution in [0.2, 0.25) is 0 Å². The van der Waals surface area contributed by atoms with E-state index >= 15 is 0 Å². The lowest BCUT2D eigenvalue weighted by molar-refractivity contribution is -0.136. The lowest BCUT2D eigenvalue weighted by atomic mass is 10.1. The van der Waals surface area contributed by atoms with E-state index in [1.807, 2.05) is 0 Å². The summed E-state index contributed by atoms with van der Waals surface area (Å²) < 4.78 is 47.5. The molecule has 30 heavy (non-hydrogen) atoms. The molecule has 0 aliphatic heterocycles. The molecule has 4 rings (SSSR count). The minimum atomic E-state index is -4.60. The summed E-state index contributed by atoms with van der Waals surface area (Å²) in [7, 11) is 1.51. The Balaban J connectivity index is 1.70. The minimum absolute atomic E-state index is 0.0304. The van der Waals surface area contributed by atoms with Crippen molar-refractivity contribution in [3.05, 3.63) is 47.3 Å². The van der Waals surface area contributed by atoms with E-state index < -0.39 is 17.6 Å². The highest BCUT2D eigenvalue weighted by atomic mass is 19.4. The van der Waals surface area contributed by atoms with Crippen LogP contribution in [-0.2, 0) is 13.2 Å². The van der Waals surface area contributed by atoms with E-state index in [2.05, 4.69) is 25.5 Å². The van der Waals surface area contributed by atoms with Crippen molar-refractivity contribution in [3.63, 3.8) is 0 Å². The van der Waals surface area contributed by atoms with Crippen LogP contribution in [0.5, 0.6) is 11.6 Å². The van der Waals surface area contributed by atoms with E-state index in [1.165, 1.54) is 30.8 Å². The quantitative estimate of drug-likeness (QED) is 0.526. The molecule has 12 heteroatoms. The topological polar surface area (TPSA) is 125 Å². The number of nitrogens with zero attached hydrogens (tertiary/aromatic N) is 5. The van der Waals surface area contributed by atoms with Crippen LogP contribution in [0.4, 0.5) is 13.2 Å². The number of nitrogens with two attached hydrogens (primary N) is 1. The zero-order valence-corrected chi connectivity index (χ0v) is 15.7. The molecule has 0 aliphatic carbocycles. The fourth-order valence-electron chi connectivity index (χ4n) is 3.10. The summed E-state index contributed by atoms with van der Waals surface area (Å²) in [6, 6.07) is 6.98. The third-order valence-electron chi connectivity index (χ3n) is 4.38. The van der Waals surface area contributed by atoms with Crippen molar-refractivity contribution < 1.29 is 22.7 Å². The predicted octanol–water partition coefficient (Wildman–Crippen LogP) is 2.97. The first-order chi connectivity index (χ1) is 14.1. The Morgan fingerprint density at radius 2 is 1.90 bits per heavy atom. The van der Waals surface area contributed by atoms with Crippen LogP contribution in [-0.4, -0.2) is 36.1 Å². The Kier molecular flexibility index (Phi) is 4.41. The molecular formula is C18H14F3N7O2. The van der Waals surface area contributed by atoms with Gasteiger partial charge in [0, 0.05) is 18.7 Å². The van der Waals surface area contributed by atoms with Crippen LogP contribution in [0.25, 0.3) is 22.3 Å². The molecule has 9 nitrogen and oxygen atoms in total. The number of ether oxygens (including phenoxy) is 1. The number of aromatic amines is 1. The number of amides is 1. The maximum absolute atomic E-state index is 13.6. The van der Waals surface area contributed by atoms with Gasteiger partial charge >= 0.3 is 6.18 Å². The van der Waals surface area contributed by atoms with Crippen LogP contribution in [0, 0.1) is 6.92 Å². The van der Waals surface area contributed by atoms with E-state index in [1.54, 1.807) is 12.1 Å². The normalized spacial score (nSPS) is 11.8. The third kappa shape index (κ3) is 3.32. The van der Waals surface area contributed by atoms with Crippen LogP contribution in [0.1, 0.15) is 21.7 Å². The summed E-state index contributed by atoms with van der Waals surface area (Å²) in [5.74, 6) is -0.741. The maximum Gasteiger partial charge on any atom is 0.417 e. The summed E-state index contributed by atoms with van der Waals surface area (Å²) in [5.41, 5.74) is 5.39. The number of aryl methyl sites for hydroxylation is 2. The molecule has 0 fully saturated rings. The van der Waals surface area contributed by atoms with Crippen LogP contribution >= 0.6 is 0 Å². The average Bonchev–Trinajstić information content (AvgIpc) is 3.27. The fourth-order valence-corrected chi connectivity index (χ4v) is 3.10. The Hall–Kier alpha value is -3.96. The molecule has 0 atom stereocenters. The van der Waals surface area contributed by atoms with Crippen molar-refractivity contribution >= 4 is 16.9 Å². The second-order valence-corrected chi connectivity index (χ2v) is 6.42. The lowest BCUT2D eigenvalue weighted by Gasteiger charge is -2.12. The molecule has 3 aromatic heterocycles. The van der Waals surface area contributed by atoms with Gasteiger partial charge in [-0.25, -0.2) is 0 Å². The number of hydrogen-bond acceptors (Lipinski definition) is 6. The molecule has 1 aromatic carbocycles. The number of H-pyrrole nitrogens is 1. The summed E-state index contributed by atoms with van der Waals surface area (Å²) >= 11 is 0. The molecule has 0 spiro atoms. The van der Waals surface area contributed by atoms with Crippen molar-refractivity contribution in [1.29, 1.82) is 0 Å². The Morgan fingerprint density at radius 1 is 1.20 bits per heavy atom. The SMILES string of the molecule is Cc1nn(C)c2nc(Oc3ccc(-c4n[nH]nc4C(N)=O)cc3)cc(C(F)(F)F)c12. The van der Waals surface area contributed by atoms with Gasteiger partial charge in [-0.3, -0.25) is 9.48 Å². The zero-order valence-electron chi connectivity index (χ0n) is 15.7. The molecule has 0 saturated carbocycles. The summed E-state index contributed by atoms with van der Waals surface area (Å²) in [4.78, 5) is 15.5. The lowest BCUT2D eigenvalue weighted by Crippen LogP contribution is -2.12.